The van der Waals surface area contributed by atoms with E-state index in [1.807, 2.05) is 11.1 Å². The third-order valence-electron chi connectivity index (χ3n) is 8.09. The zero-order valence-electron chi connectivity index (χ0n) is 22.7. The molecule has 0 bridgehead atoms. The molecule has 1 saturated carbocycles. The molecule has 0 radical (unpaired) electrons. The molecular weight excluding hydrogens is 599 g/mol. The number of fused-ring (bicyclic) bond motifs is 2. The van der Waals surface area contributed by atoms with Gasteiger partial charge in [0.25, 0.3) is 11.8 Å². The lowest BCUT2D eigenvalue weighted by molar-refractivity contribution is -0.140. The predicted octanol–water partition coefficient (Wildman–Crippen LogP) is 2.39. The summed E-state index contributed by atoms with van der Waals surface area (Å²) in [5, 5.41) is 34.4. The maximum atomic E-state index is 13.5. The van der Waals surface area contributed by atoms with E-state index in [0.29, 0.717) is 30.6 Å². The lowest BCUT2D eigenvalue weighted by Gasteiger charge is -2.30. The second-order valence-corrected chi connectivity index (χ2v) is 11.5. The van der Waals surface area contributed by atoms with Crippen molar-refractivity contribution in [3.05, 3.63) is 63.0 Å². The maximum Gasteiger partial charge on any atom is 0.331 e. The van der Waals surface area contributed by atoms with E-state index in [2.05, 4.69) is 20.6 Å². The van der Waals surface area contributed by atoms with Crippen molar-refractivity contribution in [3.63, 3.8) is 0 Å². The van der Waals surface area contributed by atoms with E-state index in [1.165, 1.54) is 12.3 Å². The van der Waals surface area contributed by atoms with Crippen molar-refractivity contribution in [2.24, 2.45) is 4.99 Å². The van der Waals surface area contributed by atoms with E-state index in [1.54, 1.807) is 27.6 Å². The fraction of sp³-hybridized carbons (Fsp3) is 0.357. The number of aromatic nitrogens is 2. The minimum atomic E-state index is -1.67. The van der Waals surface area contributed by atoms with Gasteiger partial charge >= 0.3 is 5.97 Å². The molecule has 2 aliphatic heterocycles. The first-order chi connectivity index (χ1) is 20.6. The van der Waals surface area contributed by atoms with Crippen LogP contribution in [0.5, 0.6) is 5.75 Å². The molecule has 3 aliphatic rings. The lowest BCUT2D eigenvalue weighted by Crippen LogP contribution is -2.47. The van der Waals surface area contributed by atoms with Crippen LogP contribution in [-0.4, -0.2) is 84.4 Å². The summed E-state index contributed by atoms with van der Waals surface area (Å²) in [6.07, 6.45) is 7.29. The van der Waals surface area contributed by atoms with Crippen molar-refractivity contribution >= 4 is 52.6 Å². The molecule has 2 aromatic heterocycles. The number of likely N-dealkylation sites (tertiary alicyclic amines) is 1. The maximum absolute atomic E-state index is 13.5. The number of imidazole rings is 1. The molecule has 13 nitrogen and oxygen atoms in total. The van der Waals surface area contributed by atoms with E-state index >= 15 is 0 Å². The summed E-state index contributed by atoms with van der Waals surface area (Å²) in [7, 11) is 0. The van der Waals surface area contributed by atoms with Crippen LogP contribution in [0.1, 0.15) is 51.2 Å². The van der Waals surface area contributed by atoms with Gasteiger partial charge in [-0.1, -0.05) is 23.2 Å². The van der Waals surface area contributed by atoms with Crippen molar-refractivity contribution in [1.82, 2.24) is 29.8 Å². The molecule has 0 spiro atoms. The highest BCUT2D eigenvalue weighted by Gasteiger charge is 2.63. The number of nitrogens with zero attached hydrogens (tertiary/aromatic N) is 6. The second-order valence-electron chi connectivity index (χ2n) is 10.7. The first-order valence-corrected chi connectivity index (χ1v) is 14.4. The molecule has 1 saturated heterocycles. The van der Waals surface area contributed by atoms with Crippen molar-refractivity contribution in [2.45, 2.75) is 43.8 Å². The summed E-state index contributed by atoms with van der Waals surface area (Å²) in [6.45, 7) is 1.84. The van der Waals surface area contributed by atoms with Gasteiger partial charge in [-0.05, 0) is 48.6 Å². The van der Waals surface area contributed by atoms with E-state index in [-0.39, 0.29) is 64.1 Å². The van der Waals surface area contributed by atoms with Gasteiger partial charge in [0.05, 0.1) is 21.7 Å². The van der Waals surface area contributed by atoms with Crippen LogP contribution in [0.25, 0.3) is 5.65 Å². The number of nitriles is 1. The number of rotatable bonds is 5. The average Bonchev–Trinajstić information content (AvgIpc) is 3.32. The first kappa shape index (κ1) is 28.6. The third-order valence-corrected chi connectivity index (χ3v) is 8.81. The van der Waals surface area contributed by atoms with Gasteiger partial charge in [0.1, 0.15) is 5.69 Å². The van der Waals surface area contributed by atoms with Gasteiger partial charge in [-0.15, -0.1) is 0 Å². The van der Waals surface area contributed by atoms with Crippen LogP contribution in [-0.2, 0) is 17.8 Å². The molecule has 4 N–H and O–H groups in total. The molecule has 1 aliphatic carbocycles. The Morgan fingerprint density at radius 3 is 2.65 bits per heavy atom. The molecule has 2 amide bonds. The molecule has 222 valence electrons. The van der Waals surface area contributed by atoms with E-state index in [4.69, 9.17) is 28.5 Å². The fourth-order valence-corrected chi connectivity index (χ4v) is 6.46. The summed E-state index contributed by atoms with van der Waals surface area (Å²) in [6, 6.07) is 3.89. The highest BCUT2D eigenvalue weighted by atomic mass is 35.5. The summed E-state index contributed by atoms with van der Waals surface area (Å²) < 4.78 is 1.56. The highest BCUT2D eigenvalue weighted by molar-refractivity contribution is 6.40. The average molecular weight is 625 g/mol. The van der Waals surface area contributed by atoms with Crippen LogP contribution in [0, 0.1) is 11.5 Å². The smallest absolute Gasteiger partial charge is 0.331 e. The number of hydrogen-bond acceptors (Lipinski definition) is 7. The first-order valence-electron chi connectivity index (χ1n) is 13.6. The van der Waals surface area contributed by atoms with Gasteiger partial charge in [-0.2, -0.15) is 5.26 Å². The van der Waals surface area contributed by atoms with Crippen LogP contribution in [0.4, 0.5) is 0 Å². The number of benzene rings is 1. The van der Waals surface area contributed by atoms with Gasteiger partial charge in [0.2, 0.25) is 5.96 Å². The largest absolute Gasteiger partial charge is 0.504 e. The molecule has 4 heterocycles. The van der Waals surface area contributed by atoms with Crippen LogP contribution >= 0.6 is 23.2 Å². The molecular formula is C28H26Cl2N8O5. The molecule has 15 heteroatoms. The zero-order valence-corrected chi connectivity index (χ0v) is 24.2. The predicted molar refractivity (Wildman–Crippen MR) is 155 cm³/mol. The summed E-state index contributed by atoms with van der Waals surface area (Å²) in [5.74, 6) is -2.11. The number of carbonyl (C=O) groups excluding carboxylic acids is 2. The Morgan fingerprint density at radius 2 is 1.95 bits per heavy atom. The third kappa shape index (κ3) is 5.06. The molecule has 2 fully saturated rings. The standard InChI is InChI=1S/C28H26Cl2N8O5/c29-17-10-15-12-38(25(41)18-13-37-8-3-4-19(39)23(37)33-18)9-5-16(15)22(30)21(17)24(40)35-28(26(42)43)11-20(28)34-27(32-14-31)36-6-1-2-7-36/h3-4,8,10,13,20,39H,1-2,5-7,9,11-12H2,(H,32,34)(H,35,40)(H,42,43)/t20-,28?/m1/s1. The quantitative estimate of drug-likeness (QED) is 0.144. The Hall–Kier alpha value is -4.54. The van der Waals surface area contributed by atoms with Crippen molar-refractivity contribution < 1.29 is 24.6 Å². The summed E-state index contributed by atoms with van der Waals surface area (Å²) >= 11 is 13.2. The Bertz CT molecular complexity index is 1740. The molecule has 2 atom stereocenters. The number of aliphatic imine (C=N–C) groups is 1. The molecule has 43 heavy (non-hydrogen) atoms. The van der Waals surface area contributed by atoms with Gasteiger partial charge in [-0.25, -0.2) is 14.8 Å². The number of carbonyl (C=O) groups is 3. The zero-order chi connectivity index (χ0) is 30.5. The number of aromatic hydroxyl groups is 1. The number of carboxylic acid groups (broad SMARTS) is 1. The SMILES string of the molecule is N#CNC(=N[C@@H]1CC1(NC(=O)c1c(Cl)cc2c(c1Cl)CCN(C(=O)c1cn3cccc(O)c3n1)C2)C(=O)O)N1CCCC1. The molecule has 6 rings (SSSR count). The minimum Gasteiger partial charge on any atom is -0.504 e. The Labute approximate surface area is 255 Å². The van der Waals surface area contributed by atoms with E-state index in [0.717, 1.165) is 12.8 Å². The minimum absolute atomic E-state index is 0.0124. The van der Waals surface area contributed by atoms with Gasteiger partial charge in [0.15, 0.2) is 23.1 Å². The highest BCUT2D eigenvalue weighted by Crippen LogP contribution is 2.42. The van der Waals surface area contributed by atoms with Crippen molar-refractivity contribution in [2.75, 3.05) is 19.6 Å². The number of nitrogens with one attached hydrogen (secondary N) is 2. The number of carboxylic acids is 1. The van der Waals surface area contributed by atoms with E-state index in [9.17, 15) is 24.6 Å². The van der Waals surface area contributed by atoms with Crippen LogP contribution < -0.4 is 10.6 Å². The normalized spacial score (nSPS) is 21.3. The van der Waals surface area contributed by atoms with E-state index < -0.39 is 23.5 Å². The van der Waals surface area contributed by atoms with Crippen molar-refractivity contribution in [3.8, 4) is 11.9 Å². The molecule has 3 aromatic rings. The topological polar surface area (TPSA) is 176 Å². The summed E-state index contributed by atoms with van der Waals surface area (Å²) in [5.41, 5.74) is -0.0107. The number of amides is 2. The fourth-order valence-electron chi connectivity index (χ4n) is 5.70. The Kier molecular flexibility index (Phi) is 7.27. The van der Waals surface area contributed by atoms with Gasteiger partial charge < -0.3 is 29.7 Å². The van der Waals surface area contributed by atoms with Gasteiger partial charge in [0, 0.05) is 45.0 Å². The summed E-state index contributed by atoms with van der Waals surface area (Å²) in [4.78, 5) is 51.2. The van der Waals surface area contributed by atoms with Gasteiger partial charge in [-0.3, -0.25) is 14.9 Å². The Balaban J connectivity index is 1.21. The monoisotopic (exact) mass is 624 g/mol. The number of pyridine rings is 1. The van der Waals surface area contributed by atoms with Crippen LogP contribution in [0.2, 0.25) is 10.0 Å². The second kappa shape index (κ2) is 10.9. The number of aliphatic carboxylic acids is 1. The molecule has 1 aromatic carbocycles. The number of guanidine groups is 1. The lowest BCUT2D eigenvalue weighted by atomic mass is 9.96. The number of halogens is 2. The molecule has 1 unspecified atom stereocenters. The van der Waals surface area contributed by atoms with Crippen LogP contribution in [0.15, 0.2) is 35.6 Å². The van der Waals surface area contributed by atoms with Crippen molar-refractivity contribution in [1.29, 1.82) is 5.26 Å². The van der Waals surface area contributed by atoms with Crippen LogP contribution in [0.3, 0.4) is 0 Å². The Morgan fingerprint density at radius 1 is 1.19 bits per heavy atom. The number of hydrogen-bond donors (Lipinski definition) is 4.